The maximum Gasteiger partial charge on any atom is 0.344 e. The van der Waals surface area contributed by atoms with Crippen molar-refractivity contribution in [3.63, 3.8) is 0 Å². The summed E-state index contributed by atoms with van der Waals surface area (Å²) in [5.41, 5.74) is -0.501. The lowest BCUT2D eigenvalue weighted by molar-refractivity contribution is -0.144. The molecule has 0 aromatic rings. The van der Waals surface area contributed by atoms with Crippen molar-refractivity contribution in [1.29, 1.82) is 0 Å². The van der Waals surface area contributed by atoms with E-state index in [4.69, 9.17) is 9.84 Å². The van der Waals surface area contributed by atoms with Gasteiger partial charge >= 0.3 is 11.9 Å². The number of hydrogen-bond acceptors (Lipinski definition) is 3. The monoisotopic (exact) mass is 312 g/mol. The summed E-state index contributed by atoms with van der Waals surface area (Å²) in [6, 6.07) is 0. The lowest BCUT2D eigenvalue weighted by Gasteiger charge is -2.05. The maximum absolute atomic E-state index is 11.2. The van der Waals surface area contributed by atoms with Crippen molar-refractivity contribution >= 4 is 11.9 Å². The molecule has 0 bridgehead atoms. The summed E-state index contributed by atoms with van der Waals surface area (Å²) in [6.07, 6.45) is 14.9. The van der Waals surface area contributed by atoms with Gasteiger partial charge in [-0.1, -0.05) is 84.1 Å². The van der Waals surface area contributed by atoms with Crippen LogP contribution in [-0.2, 0) is 14.3 Å². The normalized spacial score (nSPS) is 10.4. The molecule has 0 aliphatic rings. The summed E-state index contributed by atoms with van der Waals surface area (Å²) >= 11 is 0. The highest BCUT2D eigenvalue weighted by molar-refractivity contribution is 6.12. The Labute approximate surface area is 134 Å². The Hall–Kier alpha value is -1.32. The molecule has 4 heteroatoms. The molecule has 0 aliphatic heterocycles. The van der Waals surface area contributed by atoms with Gasteiger partial charge in [0.15, 0.2) is 0 Å². The fourth-order valence-electron chi connectivity index (χ4n) is 2.28. The summed E-state index contributed by atoms with van der Waals surface area (Å²) < 4.78 is 4.84. The first-order valence-corrected chi connectivity index (χ1v) is 8.69. The molecule has 4 nitrogen and oxygen atoms in total. The molecular weight excluding hydrogens is 280 g/mol. The quantitative estimate of drug-likeness (QED) is 0.154. The molecule has 0 heterocycles. The number of hydrogen-bond donors (Lipinski definition) is 1. The van der Waals surface area contributed by atoms with Crippen molar-refractivity contribution < 1.29 is 19.4 Å². The summed E-state index contributed by atoms with van der Waals surface area (Å²) in [5.74, 6) is -2.14. The molecule has 0 amide bonds. The molecule has 0 saturated carbocycles. The van der Waals surface area contributed by atoms with E-state index in [-0.39, 0.29) is 6.61 Å². The van der Waals surface area contributed by atoms with Crippen LogP contribution in [0.3, 0.4) is 0 Å². The van der Waals surface area contributed by atoms with Gasteiger partial charge in [0.05, 0.1) is 6.61 Å². The number of unbranched alkanes of at least 4 members (excludes halogenated alkanes) is 11. The van der Waals surface area contributed by atoms with Gasteiger partial charge in [-0.15, -0.1) is 0 Å². The first kappa shape index (κ1) is 20.7. The predicted octanol–water partition coefficient (Wildman–Crippen LogP) is 4.87. The van der Waals surface area contributed by atoms with Crippen molar-refractivity contribution in [2.45, 2.75) is 84.0 Å². The van der Waals surface area contributed by atoms with E-state index in [1.807, 2.05) is 0 Å². The molecular formula is C18H32O4. The van der Waals surface area contributed by atoms with E-state index in [1.165, 1.54) is 57.8 Å². The van der Waals surface area contributed by atoms with Crippen molar-refractivity contribution in [2.75, 3.05) is 6.61 Å². The molecule has 0 unspecified atom stereocenters. The fourth-order valence-corrected chi connectivity index (χ4v) is 2.28. The van der Waals surface area contributed by atoms with Crippen molar-refractivity contribution in [3.8, 4) is 0 Å². The van der Waals surface area contributed by atoms with E-state index in [0.717, 1.165) is 19.3 Å². The van der Waals surface area contributed by atoms with Gasteiger partial charge in [-0.2, -0.15) is 0 Å². The summed E-state index contributed by atoms with van der Waals surface area (Å²) in [6.45, 7) is 5.68. The number of carboxylic acids is 1. The van der Waals surface area contributed by atoms with E-state index in [2.05, 4.69) is 13.5 Å². The lowest BCUT2D eigenvalue weighted by Crippen LogP contribution is -2.14. The van der Waals surface area contributed by atoms with E-state index in [1.54, 1.807) is 0 Å². The molecule has 0 aromatic heterocycles. The Kier molecular flexibility index (Phi) is 13.7. The smallest absolute Gasteiger partial charge is 0.344 e. The first-order valence-electron chi connectivity index (χ1n) is 8.69. The largest absolute Gasteiger partial charge is 0.477 e. The van der Waals surface area contributed by atoms with Crippen LogP contribution in [0.4, 0.5) is 0 Å². The van der Waals surface area contributed by atoms with Gasteiger partial charge in [0.1, 0.15) is 5.57 Å². The van der Waals surface area contributed by atoms with Crippen LogP contribution in [0.2, 0.25) is 0 Å². The first-order chi connectivity index (χ1) is 10.6. The number of carboxylic acid groups (broad SMARTS) is 1. The van der Waals surface area contributed by atoms with Gasteiger partial charge < -0.3 is 9.84 Å². The van der Waals surface area contributed by atoms with E-state index in [0.29, 0.717) is 0 Å². The van der Waals surface area contributed by atoms with Crippen LogP contribution >= 0.6 is 0 Å². The lowest BCUT2D eigenvalue weighted by atomic mass is 10.1. The van der Waals surface area contributed by atoms with Gasteiger partial charge in [-0.05, 0) is 6.42 Å². The number of rotatable bonds is 15. The van der Waals surface area contributed by atoms with Crippen LogP contribution in [0.25, 0.3) is 0 Å². The van der Waals surface area contributed by atoms with Gasteiger partial charge in [0.2, 0.25) is 0 Å². The molecule has 0 radical (unpaired) electrons. The van der Waals surface area contributed by atoms with Gasteiger partial charge in [0.25, 0.3) is 0 Å². The SMILES string of the molecule is C=C(C(=O)O)C(=O)OCCCCCCCCCCCCCC. The van der Waals surface area contributed by atoms with Crippen molar-refractivity contribution in [2.24, 2.45) is 0 Å². The van der Waals surface area contributed by atoms with Gasteiger partial charge in [0, 0.05) is 0 Å². The van der Waals surface area contributed by atoms with Gasteiger partial charge in [-0.25, -0.2) is 9.59 Å². The number of carbonyl (C=O) groups excluding carboxylic acids is 1. The number of carbonyl (C=O) groups is 2. The molecule has 0 saturated heterocycles. The number of esters is 1. The molecule has 22 heavy (non-hydrogen) atoms. The Balaban J connectivity index is 3.22. The standard InChI is InChI=1S/C18H32O4/c1-3-4-5-6-7-8-9-10-11-12-13-14-15-22-18(21)16(2)17(19)20/h2-15H2,1H3,(H,19,20). The zero-order valence-corrected chi connectivity index (χ0v) is 14.1. The molecule has 0 spiro atoms. The second-order valence-corrected chi connectivity index (χ2v) is 5.81. The van der Waals surface area contributed by atoms with Crippen LogP contribution in [-0.4, -0.2) is 23.7 Å². The minimum Gasteiger partial charge on any atom is -0.477 e. The highest BCUT2D eigenvalue weighted by Crippen LogP contribution is 2.12. The number of ether oxygens (including phenoxy) is 1. The maximum atomic E-state index is 11.2. The third-order valence-corrected chi connectivity index (χ3v) is 3.74. The number of aliphatic carboxylic acids is 1. The summed E-state index contributed by atoms with van der Waals surface area (Å²) in [4.78, 5) is 21.7. The zero-order valence-electron chi connectivity index (χ0n) is 14.1. The van der Waals surface area contributed by atoms with Crippen molar-refractivity contribution in [1.82, 2.24) is 0 Å². The van der Waals surface area contributed by atoms with Gasteiger partial charge in [-0.3, -0.25) is 0 Å². The van der Waals surface area contributed by atoms with Crippen LogP contribution in [0.15, 0.2) is 12.2 Å². The average Bonchev–Trinajstić information content (AvgIpc) is 2.50. The van der Waals surface area contributed by atoms with E-state index in [9.17, 15) is 9.59 Å². The van der Waals surface area contributed by atoms with Crippen LogP contribution in [0, 0.1) is 0 Å². The summed E-state index contributed by atoms with van der Waals surface area (Å²) in [7, 11) is 0. The molecule has 0 atom stereocenters. The fraction of sp³-hybridized carbons (Fsp3) is 0.778. The third-order valence-electron chi connectivity index (χ3n) is 3.74. The Morgan fingerprint density at radius 2 is 1.23 bits per heavy atom. The Morgan fingerprint density at radius 1 is 0.818 bits per heavy atom. The highest BCUT2D eigenvalue weighted by atomic mass is 16.5. The average molecular weight is 312 g/mol. The highest BCUT2D eigenvalue weighted by Gasteiger charge is 2.15. The molecule has 1 N–H and O–H groups in total. The molecule has 128 valence electrons. The Morgan fingerprint density at radius 3 is 1.64 bits per heavy atom. The zero-order chi connectivity index (χ0) is 16.6. The molecule has 0 aliphatic carbocycles. The van der Waals surface area contributed by atoms with E-state index >= 15 is 0 Å². The molecule has 0 aromatic carbocycles. The Bertz CT molecular complexity index is 323. The molecule has 0 fully saturated rings. The van der Waals surface area contributed by atoms with Crippen LogP contribution < -0.4 is 0 Å². The summed E-state index contributed by atoms with van der Waals surface area (Å²) in [5, 5.41) is 8.56. The van der Waals surface area contributed by atoms with Crippen LogP contribution in [0.1, 0.15) is 84.0 Å². The second kappa shape index (κ2) is 14.6. The third kappa shape index (κ3) is 12.4. The van der Waals surface area contributed by atoms with Crippen LogP contribution in [0.5, 0.6) is 0 Å². The minimum absolute atomic E-state index is 0.280. The second-order valence-electron chi connectivity index (χ2n) is 5.81. The topological polar surface area (TPSA) is 63.6 Å². The van der Waals surface area contributed by atoms with E-state index < -0.39 is 17.5 Å². The minimum atomic E-state index is -1.32. The van der Waals surface area contributed by atoms with Crippen molar-refractivity contribution in [3.05, 3.63) is 12.2 Å². The predicted molar refractivity (Wildman–Crippen MR) is 88.8 cm³/mol. The molecule has 0 rings (SSSR count).